The zero-order valence-electron chi connectivity index (χ0n) is 13.2. The molecule has 0 spiro atoms. The molecule has 1 heterocycles. The Morgan fingerprint density at radius 3 is 2.41 bits per heavy atom. The summed E-state index contributed by atoms with van der Waals surface area (Å²) in [4.78, 5) is 14.2. The summed E-state index contributed by atoms with van der Waals surface area (Å²) in [5, 5.41) is 12.5. The molecule has 1 aromatic rings. The van der Waals surface area contributed by atoms with E-state index in [4.69, 9.17) is 4.74 Å². The predicted octanol–water partition coefficient (Wildman–Crippen LogP) is 1.61. The number of hydrogen-bond acceptors (Lipinski definition) is 4. The highest BCUT2D eigenvalue weighted by Gasteiger charge is 2.46. The van der Waals surface area contributed by atoms with Crippen molar-refractivity contribution in [2.75, 3.05) is 19.0 Å². The Labute approximate surface area is 131 Å². The molecule has 5 nitrogen and oxygen atoms in total. The number of anilines is 1. The fourth-order valence-electron chi connectivity index (χ4n) is 3.03. The number of ether oxygens (including phenoxy) is 1. The first-order valence-electron chi connectivity index (χ1n) is 7.96. The van der Waals surface area contributed by atoms with Crippen LogP contribution in [0.25, 0.3) is 0 Å². The number of nitrogens with one attached hydrogen (secondary N) is 1. The third kappa shape index (κ3) is 3.42. The molecule has 3 rings (SSSR count). The van der Waals surface area contributed by atoms with Crippen LogP contribution < -0.4 is 10.2 Å². The van der Waals surface area contributed by atoms with E-state index in [0.29, 0.717) is 0 Å². The number of benzene rings is 1. The molecule has 0 radical (unpaired) electrons. The molecule has 1 aromatic carbocycles. The fourth-order valence-corrected chi connectivity index (χ4v) is 3.03. The Morgan fingerprint density at radius 1 is 1.18 bits per heavy atom. The molecule has 2 fully saturated rings. The van der Waals surface area contributed by atoms with Gasteiger partial charge in [-0.05, 0) is 43.4 Å². The minimum atomic E-state index is -0.364. The van der Waals surface area contributed by atoms with Crippen molar-refractivity contribution in [3.8, 4) is 0 Å². The van der Waals surface area contributed by atoms with Gasteiger partial charge in [-0.1, -0.05) is 12.1 Å². The molecule has 1 saturated carbocycles. The maximum Gasteiger partial charge on any atom is 0.252 e. The van der Waals surface area contributed by atoms with Crippen LogP contribution in [-0.4, -0.2) is 43.4 Å². The average molecular weight is 304 g/mol. The van der Waals surface area contributed by atoms with E-state index in [1.54, 1.807) is 0 Å². The molecule has 0 aromatic heterocycles. The van der Waals surface area contributed by atoms with Crippen molar-refractivity contribution < 1.29 is 14.6 Å². The van der Waals surface area contributed by atoms with Gasteiger partial charge in [-0.2, -0.15) is 0 Å². The summed E-state index contributed by atoms with van der Waals surface area (Å²) in [6.45, 7) is 0. The van der Waals surface area contributed by atoms with E-state index in [1.807, 2.05) is 43.3 Å². The molecule has 120 valence electrons. The molecule has 0 bridgehead atoms. The molecule has 2 N–H and O–H groups in total. The van der Waals surface area contributed by atoms with Gasteiger partial charge < -0.3 is 20.1 Å². The lowest BCUT2D eigenvalue weighted by atomic mass is 9.93. The predicted molar refractivity (Wildman–Crippen MR) is 84.8 cm³/mol. The van der Waals surface area contributed by atoms with E-state index in [-0.39, 0.29) is 30.3 Å². The van der Waals surface area contributed by atoms with Crippen LogP contribution in [0.4, 0.5) is 5.69 Å². The van der Waals surface area contributed by atoms with Crippen LogP contribution in [0.1, 0.15) is 37.4 Å². The molecule has 0 unspecified atom stereocenters. The standard InChI is InChI=1S/C17H24N2O3/c1-19(2)13-7-3-11(4-8-13)15-16(22-15)17(21)18-12-5-9-14(20)10-6-12/h3-4,7-8,12,14-16,20H,5-6,9-10H2,1-2H3,(H,18,21)/t12?,14?,15-,16+/m0/s1. The summed E-state index contributed by atoms with van der Waals surface area (Å²) >= 11 is 0. The first kappa shape index (κ1) is 15.3. The summed E-state index contributed by atoms with van der Waals surface area (Å²) in [6.07, 6.45) is 2.55. The Kier molecular flexibility index (Phi) is 4.36. The van der Waals surface area contributed by atoms with Gasteiger partial charge in [0.25, 0.3) is 5.91 Å². The van der Waals surface area contributed by atoms with Gasteiger partial charge in [0.1, 0.15) is 6.10 Å². The second kappa shape index (κ2) is 6.26. The number of amides is 1. The number of rotatable bonds is 4. The summed E-state index contributed by atoms with van der Waals surface area (Å²) < 4.78 is 5.55. The van der Waals surface area contributed by atoms with E-state index in [2.05, 4.69) is 5.32 Å². The quantitative estimate of drug-likeness (QED) is 0.830. The normalized spacial score (nSPS) is 30.7. The van der Waals surface area contributed by atoms with Crippen molar-refractivity contribution >= 4 is 11.6 Å². The van der Waals surface area contributed by atoms with Crippen molar-refractivity contribution in [1.82, 2.24) is 5.32 Å². The lowest BCUT2D eigenvalue weighted by Gasteiger charge is -2.25. The molecule has 1 saturated heterocycles. The number of epoxide rings is 1. The average Bonchev–Trinajstić information content (AvgIpc) is 3.30. The third-order valence-corrected chi connectivity index (χ3v) is 4.53. The van der Waals surface area contributed by atoms with Crippen molar-refractivity contribution in [3.05, 3.63) is 29.8 Å². The van der Waals surface area contributed by atoms with E-state index >= 15 is 0 Å². The van der Waals surface area contributed by atoms with Gasteiger partial charge in [-0.15, -0.1) is 0 Å². The van der Waals surface area contributed by atoms with Crippen LogP contribution in [0.15, 0.2) is 24.3 Å². The number of aliphatic hydroxyl groups is 1. The highest BCUT2D eigenvalue weighted by atomic mass is 16.6. The second-order valence-corrected chi connectivity index (χ2v) is 6.48. The van der Waals surface area contributed by atoms with Crippen molar-refractivity contribution in [2.24, 2.45) is 0 Å². The van der Waals surface area contributed by atoms with Gasteiger partial charge in [0.05, 0.1) is 6.10 Å². The number of hydrogen-bond donors (Lipinski definition) is 2. The Hall–Kier alpha value is -1.59. The van der Waals surface area contributed by atoms with Crippen LogP contribution in [-0.2, 0) is 9.53 Å². The monoisotopic (exact) mass is 304 g/mol. The highest BCUT2D eigenvalue weighted by molar-refractivity contribution is 5.84. The molecule has 22 heavy (non-hydrogen) atoms. The largest absolute Gasteiger partial charge is 0.393 e. The van der Waals surface area contributed by atoms with Gasteiger partial charge in [0, 0.05) is 25.8 Å². The Bertz CT molecular complexity index is 521. The zero-order valence-corrected chi connectivity index (χ0v) is 13.2. The van der Waals surface area contributed by atoms with Crippen molar-refractivity contribution in [3.63, 3.8) is 0 Å². The van der Waals surface area contributed by atoms with Crippen molar-refractivity contribution in [1.29, 1.82) is 0 Å². The number of carbonyl (C=O) groups excluding carboxylic acids is 1. The molecular weight excluding hydrogens is 280 g/mol. The van der Waals surface area contributed by atoms with E-state index in [1.165, 1.54) is 0 Å². The van der Waals surface area contributed by atoms with Gasteiger partial charge in [-0.3, -0.25) is 4.79 Å². The lowest BCUT2D eigenvalue weighted by Crippen LogP contribution is -2.40. The van der Waals surface area contributed by atoms with E-state index in [0.717, 1.165) is 36.9 Å². The van der Waals surface area contributed by atoms with Crippen LogP contribution in [0, 0.1) is 0 Å². The van der Waals surface area contributed by atoms with Crippen LogP contribution in [0.2, 0.25) is 0 Å². The number of nitrogens with zero attached hydrogens (tertiary/aromatic N) is 1. The molecule has 1 aliphatic carbocycles. The smallest absolute Gasteiger partial charge is 0.252 e. The molecule has 1 aliphatic heterocycles. The third-order valence-electron chi connectivity index (χ3n) is 4.53. The topological polar surface area (TPSA) is 65.1 Å². The molecule has 2 aliphatic rings. The summed E-state index contributed by atoms with van der Waals surface area (Å²) in [6, 6.07) is 8.29. The van der Waals surface area contributed by atoms with Crippen LogP contribution in [0.5, 0.6) is 0 Å². The molecule has 2 atom stereocenters. The second-order valence-electron chi connectivity index (χ2n) is 6.48. The maximum atomic E-state index is 12.2. The Balaban J connectivity index is 1.51. The Morgan fingerprint density at radius 2 is 1.82 bits per heavy atom. The lowest BCUT2D eigenvalue weighted by molar-refractivity contribution is -0.123. The molecule has 5 heteroatoms. The SMILES string of the molecule is CN(C)c1ccc([C@@H]2O[C@H]2C(=O)NC2CCC(O)CC2)cc1. The van der Waals surface area contributed by atoms with Gasteiger partial charge in [0.15, 0.2) is 6.10 Å². The first-order chi connectivity index (χ1) is 10.5. The summed E-state index contributed by atoms with van der Waals surface area (Å²) in [5.41, 5.74) is 2.18. The zero-order chi connectivity index (χ0) is 15.7. The molecular formula is C17H24N2O3. The van der Waals surface area contributed by atoms with Gasteiger partial charge >= 0.3 is 0 Å². The van der Waals surface area contributed by atoms with E-state index in [9.17, 15) is 9.90 Å². The van der Waals surface area contributed by atoms with Crippen LogP contribution in [0.3, 0.4) is 0 Å². The molecule has 1 amide bonds. The first-order valence-corrected chi connectivity index (χ1v) is 7.96. The fraction of sp³-hybridized carbons (Fsp3) is 0.588. The van der Waals surface area contributed by atoms with E-state index < -0.39 is 0 Å². The summed E-state index contributed by atoms with van der Waals surface area (Å²) in [7, 11) is 4.00. The minimum absolute atomic E-state index is 0.0249. The number of carbonyl (C=O) groups is 1. The number of aliphatic hydroxyl groups excluding tert-OH is 1. The minimum Gasteiger partial charge on any atom is -0.393 e. The highest BCUT2D eigenvalue weighted by Crippen LogP contribution is 2.39. The van der Waals surface area contributed by atoms with Crippen LogP contribution >= 0.6 is 0 Å². The van der Waals surface area contributed by atoms with Gasteiger partial charge in [-0.25, -0.2) is 0 Å². The van der Waals surface area contributed by atoms with Crippen molar-refractivity contribution in [2.45, 2.75) is 50.0 Å². The van der Waals surface area contributed by atoms with Gasteiger partial charge in [0.2, 0.25) is 0 Å². The maximum absolute atomic E-state index is 12.2. The summed E-state index contributed by atoms with van der Waals surface area (Å²) in [5.74, 6) is -0.0249.